The van der Waals surface area contributed by atoms with Gasteiger partial charge in [-0.25, -0.2) is 0 Å². The summed E-state index contributed by atoms with van der Waals surface area (Å²) in [5, 5.41) is 2.92. The lowest BCUT2D eigenvalue weighted by molar-refractivity contribution is -0.116. The molecular weight excluding hydrogens is 352 g/mol. The number of methoxy groups -OCH3 is 1. The smallest absolute Gasteiger partial charge is 0.258 e. The molecule has 5 heteroatoms. The Bertz CT molecular complexity index is 906. The van der Waals surface area contributed by atoms with Gasteiger partial charge in [0.05, 0.1) is 12.8 Å². The molecule has 5 nitrogen and oxygen atoms in total. The molecular formula is C23H26N2O3. The van der Waals surface area contributed by atoms with Crippen LogP contribution in [0.15, 0.2) is 49.0 Å². The summed E-state index contributed by atoms with van der Waals surface area (Å²) in [5.41, 5.74) is 3.79. The van der Waals surface area contributed by atoms with Crippen LogP contribution in [0.5, 0.6) is 5.75 Å². The molecule has 0 aliphatic carbocycles. The average Bonchev–Trinajstić information content (AvgIpc) is 2.90. The lowest BCUT2D eigenvalue weighted by atomic mass is 9.87. The highest BCUT2D eigenvalue weighted by molar-refractivity contribution is 6.09. The maximum Gasteiger partial charge on any atom is 0.258 e. The lowest BCUT2D eigenvalue weighted by Crippen LogP contribution is -2.27. The fourth-order valence-corrected chi connectivity index (χ4v) is 3.27. The molecule has 0 fully saturated rings. The molecule has 146 valence electrons. The van der Waals surface area contributed by atoms with Crippen LogP contribution in [0.4, 0.5) is 5.69 Å². The molecule has 0 aromatic heterocycles. The molecule has 0 saturated carbocycles. The van der Waals surface area contributed by atoms with E-state index in [4.69, 9.17) is 4.74 Å². The molecule has 0 radical (unpaired) electrons. The zero-order valence-corrected chi connectivity index (χ0v) is 16.8. The first-order valence-electron chi connectivity index (χ1n) is 9.31. The third-order valence-corrected chi connectivity index (χ3v) is 4.94. The van der Waals surface area contributed by atoms with Crippen LogP contribution in [-0.4, -0.2) is 30.4 Å². The van der Waals surface area contributed by atoms with Crippen molar-refractivity contribution in [2.24, 2.45) is 0 Å². The monoisotopic (exact) mass is 378 g/mol. The standard InChI is InChI=1S/C23H26N2O3/c1-15-17-8-6-7-9-18(17)22(27)25(15)13-12-21(26)24-19-14-16(23(2,3)4)10-11-20(19)28-5/h6-11,14H,1,12-13H2,2-5H3,(H,24,26). The maximum atomic E-state index is 12.6. The highest BCUT2D eigenvalue weighted by atomic mass is 16.5. The fraction of sp³-hybridized carbons (Fsp3) is 0.304. The first kappa shape index (κ1) is 19.7. The molecule has 0 bridgehead atoms. The molecule has 1 aliphatic heterocycles. The van der Waals surface area contributed by atoms with Crippen molar-refractivity contribution < 1.29 is 14.3 Å². The Morgan fingerprint density at radius 3 is 2.43 bits per heavy atom. The second-order valence-electron chi connectivity index (χ2n) is 7.91. The number of amides is 2. The highest BCUT2D eigenvalue weighted by Crippen LogP contribution is 2.33. The van der Waals surface area contributed by atoms with E-state index in [0.29, 0.717) is 22.7 Å². The molecule has 3 rings (SSSR count). The zero-order valence-electron chi connectivity index (χ0n) is 16.8. The second kappa shape index (κ2) is 7.50. The topological polar surface area (TPSA) is 58.6 Å². The van der Waals surface area contributed by atoms with E-state index in [-0.39, 0.29) is 30.2 Å². The minimum absolute atomic E-state index is 0.0444. The fourth-order valence-electron chi connectivity index (χ4n) is 3.27. The minimum Gasteiger partial charge on any atom is -0.495 e. The second-order valence-corrected chi connectivity index (χ2v) is 7.91. The van der Waals surface area contributed by atoms with Crippen molar-refractivity contribution in [1.82, 2.24) is 4.90 Å². The van der Waals surface area contributed by atoms with Gasteiger partial charge >= 0.3 is 0 Å². The molecule has 1 heterocycles. The lowest BCUT2D eigenvalue weighted by Gasteiger charge is -2.21. The number of benzene rings is 2. The highest BCUT2D eigenvalue weighted by Gasteiger charge is 2.30. The van der Waals surface area contributed by atoms with Gasteiger partial charge < -0.3 is 15.0 Å². The van der Waals surface area contributed by atoms with Crippen LogP contribution in [0, 0.1) is 0 Å². The van der Waals surface area contributed by atoms with Crippen LogP contribution in [0.3, 0.4) is 0 Å². The van der Waals surface area contributed by atoms with Crippen LogP contribution < -0.4 is 10.1 Å². The van der Waals surface area contributed by atoms with Gasteiger partial charge in [-0.2, -0.15) is 0 Å². The summed E-state index contributed by atoms with van der Waals surface area (Å²) in [5.74, 6) is 0.317. The van der Waals surface area contributed by atoms with Gasteiger partial charge in [0.25, 0.3) is 5.91 Å². The van der Waals surface area contributed by atoms with Crippen LogP contribution >= 0.6 is 0 Å². The van der Waals surface area contributed by atoms with E-state index < -0.39 is 0 Å². The Balaban J connectivity index is 1.69. The van der Waals surface area contributed by atoms with Gasteiger partial charge in [0.1, 0.15) is 5.75 Å². The number of anilines is 1. The number of rotatable bonds is 5. The molecule has 2 aromatic carbocycles. The van der Waals surface area contributed by atoms with Crippen LogP contribution in [0.25, 0.3) is 5.70 Å². The summed E-state index contributed by atoms with van der Waals surface area (Å²) >= 11 is 0. The van der Waals surface area contributed by atoms with Crippen molar-refractivity contribution in [3.05, 3.63) is 65.7 Å². The van der Waals surface area contributed by atoms with Crippen molar-refractivity contribution >= 4 is 23.2 Å². The maximum absolute atomic E-state index is 12.6. The van der Waals surface area contributed by atoms with E-state index in [2.05, 4.69) is 32.7 Å². The largest absolute Gasteiger partial charge is 0.495 e. The number of nitrogens with zero attached hydrogens (tertiary/aromatic N) is 1. The predicted molar refractivity (Wildman–Crippen MR) is 111 cm³/mol. The Labute approximate surface area is 166 Å². The number of nitrogens with one attached hydrogen (secondary N) is 1. The minimum atomic E-state index is -0.180. The number of carbonyl (C=O) groups excluding carboxylic acids is 2. The number of hydrogen-bond donors (Lipinski definition) is 1. The summed E-state index contributed by atoms with van der Waals surface area (Å²) in [7, 11) is 1.58. The van der Waals surface area contributed by atoms with E-state index in [1.807, 2.05) is 36.4 Å². The van der Waals surface area contributed by atoms with Crippen molar-refractivity contribution in [3.8, 4) is 5.75 Å². The van der Waals surface area contributed by atoms with Gasteiger partial charge in [-0.15, -0.1) is 0 Å². The van der Waals surface area contributed by atoms with Gasteiger partial charge in [0, 0.05) is 29.8 Å². The van der Waals surface area contributed by atoms with E-state index in [1.165, 1.54) is 0 Å². The SMILES string of the molecule is C=C1c2ccccc2C(=O)N1CCC(=O)Nc1cc(C(C)(C)C)ccc1OC. The number of hydrogen-bond acceptors (Lipinski definition) is 3. The molecule has 2 amide bonds. The van der Waals surface area contributed by atoms with Gasteiger partial charge in [-0.05, 0) is 29.2 Å². The van der Waals surface area contributed by atoms with E-state index >= 15 is 0 Å². The zero-order chi connectivity index (χ0) is 20.5. The number of fused-ring (bicyclic) bond motifs is 1. The number of ether oxygens (including phenoxy) is 1. The normalized spacial score (nSPS) is 13.5. The third kappa shape index (κ3) is 3.79. The van der Waals surface area contributed by atoms with Gasteiger partial charge in [0.2, 0.25) is 5.91 Å². The van der Waals surface area contributed by atoms with Crippen molar-refractivity contribution in [2.75, 3.05) is 19.0 Å². The first-order chi connectivity index (χ1) is 13.2. The molecule has 0 unspecified atom stereocenters. The summed E-state index contributed by atoms with van der Waals surface area (Å²) in [4.78, 5) is 26.7. The van der Waals surface area contributed by atoms with Crippen LogP contribution in [0.2, 0.25) is 0 Å². The van der Waals surface area contributed by atoms with Crippen molar-refractivity contribution in [1.29, 1.82) is 0 Å². The molecule has 0 spiro atoms. The Morgan fingerprint density at radius 2 is 1.82 bits per heavy atom. The summed E-state index contributed by atoms with van der Waals surface area (Å²) < 4.78 is 5.37. The van der Waals surface area contributed by atoms with E-state index in [9.17, 15) is 9.59 Å². The number of carbonyl (C=O) groups is 2. The summed E-state index contributed by atoms with van der Waals surface area (Å²) in [6.07, 6.45) is 0.168. The first-order valence-corrected chi connectivity index (χ1v) is 9.31. The van der Waals surface area contributed by atoms with Gasteiger partial charge in [0.15, 0.2) is 0 Å². The molecule has 2 aromatic rings. The van der Waals surface area contributed by atoms with Gasteiger partial charge in [-0.1, -0.05) is 51.6 Å². The summed E-state index contributed by atoms with van der Waals surface area (Å²) in [6.45, 7) is 10.6. The van der Waals surface area contributed by atoms with Gasteiger partial charge in [-0.3, -0.25) is 9.59 Å². The third-order valence-electron chi connectivity index (χ3n) is 4.94. The quantitative estimate of drug-likeness (QED) is 0.836. The molecule has 1 aliphatic rings. The Morgan fingerprint density at radius 1 is 1.14 bits per heavy atom. The van der Waals surface area contributed by atoms with Crippen LogP contribution in [0.1, 0.15) is 48.7 Å². The Kier molecular flexibility index (Phi) is 5.27. The van der Waals surface area contributed by atoms with Crippen LogP contribution in [-0.2, 0) is 10.2 Å². The predicted octanol–water partition coefficient (Wildman–Crippen LogP) is 4.45. The molecule has 0 saturated heterocycles. The average molecular weight is 378 g/mol. The Hall–Kier alpha value is -3.08. The van der Waals surface area contributed by atoms with Crippen molar-refractivity contribution in [3.63, 3.8) is 0 Å². The molecule has 1 N–H and O–H groups in total. The van der Waals surface area contributed by atoms with E-state index in [1.54, 1.807) is 18.1 Å². The molecule has 0 atom stereocenters. The summed E-state index contributed by atoms with van der Waals surface area (Å²) in [6, 6.07) is 13.2. The van der Waals surface area contributed by atoms with E-state index in [0.717, 1.165) is 11.1 Å². The van der Waals surface area contributed by atoms with Crippen molar-refractivity contribution in [2.45, 2.75) is 32.6 Å². The molecule has 28 heavy (non-hydrogen) atoms.